The molecule has 1 aliphatic heterocycles. The number of nitrogens with one attached hydrogen (secondary N) is 2. The lowest BCUT2D eigenvalue weighted by molar-refractivity contribution is 0.382. The predicted octanol–water partition coefficient (Wildman–Crippen LogP) is 5.13. The molecule has 0 saturated heterocycles. The van der Waals surface area contributed by atoms with E-state index in [1.54, 1.807) is 15.6 Å². The van der Waals surface area contributed by atoms with E-state index >= 15 is 0 Å². The lowest BCUT2D eigenvalue weighted by atomic mass is 9.85. The zero-order chi connectivity index (χ0) is 25.1. The number of benzene rings is 1. The molecule has 0 radical (unpaired) electrons. The largest absolute Gasteiger partial charge is 0.324 e. The first kappa shape index (κ1) is 24.0. The summed E-state index contributed by atoms with van der Waals surface area (Å²) in [4.78, 5) is 27.1. The van der Waals surface area contributed by atoms with E-state index in [9.17, 15) is 4.79 Å². The van der Waals surface area contributed by atoms with Crippen LogP contribution < -0.4 is 16.2 Å². The third-order valence-corrected chi connectivity index (χ3v) is 7.67. The standard InChI is InChI=1S/C25H30ClN7OS/c1-7-32-21(34)16-13-27-22(29-15-8-9-17-14(12-15)10-11-28-25(17,5)6)31-20(16)33(32)23-30-18(19(26)35-23)24(2,3)4/h8-9,12-13,28H,7,10-11H2,1-6H3,(H,27,29,31). The van der Waals surface area contributed by atoms with Gasteiger partial charge in [-0.2, -0.15) is 4.98 Å². The molecular formula is C25H30ClN7OS. The number of anilines is 2. The number of halogens is 1. The number of rotatable bonds is 4. The average molecular weight is 512 g/mol. The van der Waals surface area contributed by atoms with E-state index in [1.807, 2.05) is 13.0 Å². The minimum Gasteiger partial charge on any atom is -0.324 e. The maximum atomic E-state index is 13.1. The second kappa shape index (κ2) is 8.43. The van der Waals surface area contributed by atoms with Crippen LogP contribution >= 0.6 is 22.9 Å². The molecule has 4 heterocycles. The van der Waals surface area contributed by atoms with Crippen molar-refractivity contribution >= 4 is 45.6 Å². The number of thiazole rings is 1. The van der Waals surface area contributed by atoms with Crippen molar-refractivity contribution in [1.82, 2.24) is 29.6 Å². The molecule has 0 bridgehead atoms. The van der Waals surface area contributed by atoms with Crippen molar-refractivity contribution in [3.05, 3.63) is 55.9 Å². The van der Waals surface area contributed by atoms with E-state index in [4.69, 9.17) is 21.6 Å². The summed E-state index contributed by atoms with van der Waals surface area (Å²) in [6.07, 6.45) is 2.55. The predicted molar refractivity (Wildman–Crippen MR) is 143 cm³/mol. The zero-order valence-corrected chi connectivity index (χ0v) is 22.4. The van der Waals surface area contributed by atoms with Gasteiger partial charge < -0.3 is 10.6 Å². The molecule has 0 saturated carbocycles. The molecule has 0 unspecified atom stereocenters. The van der Waals surface area contributed by atoms with Gasteiger partial charge in [0, 0.05) is 29.4 Å². The molecule has 1 aliphatic rings. The first-order chi connectivity index (χ1) is 16.5. The Morgan fingerprint density at radius 2 is 2.03 bits per heavy atom. The molecule has 1 aromatic carbocycles. The SMILES string of the molecule is CCn1c(=O)c2cnc(Nc3ccc4c(c3)CCNC4(C)C)nc2n1-c1nc(C(C)(C)C)c(Cl)s1. The Morgan fingerprint density at radius 3 is 2.71 bits per heavy atom. The number of hydrogen-bond acceptors (Lipinski definition) is 7. The van der Waals surface area contributed by atoms with Gasteiger partial charge in [0.15, 0.2) is 5.65 Å². The zero-order valence-electron chi connectivity index (χ0n) is 20.9. The van der Waals surface area contributed by atoms with Crippen LogP contribution in [0.3, 0.4) is 0 Å². The molecule has 0 spiro atoms. The normalized spacial score (nSPS) is 15.4. The fourth-order valence-corrected chi connectivity index (χ4v) is 6.18. The Balaban J connectivity index is 1.59. The lowest BCUT2D eigenvalue weighted by Crippen LogP contribution is -2.42. The molecule has 5 rings (SSSR count). The highest BCUT2D eigenvalue weighted by Crippen LogP contribution is 2.36. The van der Waals surface area contributed by atoms with Crippen molar-refractivity contribution in [2.24, 2.45) is 0 Å². The van der Waals surface area contributed by atoms with Crippen LogP contribution in [-0.4, -0.2) is 30.9 Å². The Labute approximate surface area is 213 Å². The van der Waals surface area contributed by atoms with Gasteiger partial charge in [0.1, 0.15) is 9.72 Å². The Kier molecular flexibility index (Phi) is 5.77. The van der Waals surface area contributed by atoms with Crippen LogP contribution in [0, 0.1) is 0 Å². The highest BCUT2D eigenvalue weighted by Gasteiger charge is 2.27. The molecule has 3 aromatic heterocycles. The molecule has 10 heteroatoms. The number of aromatic nitrogens is 5. The molecule has 0 aliphatic carbocycles. The second-order valence-corrected chi connectivity index (χ2v) is 12.0. The first-order valence-corrected chi connectivity index (χ1v) is 13.0. The van der Waals surface area contributed by atoms with Crippen molar-refractivity contribution in [2.75, 3.05) is 11.9 Å². The summed E-state index contributed by atoms with van der Waals surface area (Å²) in [6.45, 7) is 13.9. The smallest absolute Gasteiger partial charge is 0.278 e. The van der Waals surface area contributed by atoms with Crippen LogP contribution in [0.15, 0.2) is 29.2 Å². The van der Waals surface area contributed by atoms with Crippen LogP contribution in [0.1, 0.15) is 58.4 Å². The summed E-state index contributed by atoms with van der Waals surface area (Å²) in [5.74, 6) is 0.423. The van der Waals surface area contributed by atoms with Gasteiger partial charge in [-0.1, -0.05) is 49.8 Å². The van der Waals surface area contributed by atoms with E-state index in [0.29, 0.717) is 33.0 Å². The lowest BCUT2D eigenvalue weighted by Gasteiger charge is -2.34. The van der Waals surface area contributed by atoms with Crippen LogP contribution in [0.2, 0.25) is 4.34 Å². The van der Waals surface area contributed by atoms with Gasteiger partial charge in [-0.15, -0.1) is 0 Å². The van der Waals surface area contributed by atoms with Gasteiger partial charge in [-0.3, -0.25) is 4.79 Å². The van der Waals surface area contributed by atoms with Crippen molar-refractivity contribution in [2.45, 2.75) is 65.5 Å². The molecule has 8 nitrogen and oxygen atoms in total. The number of fused-ring (bicyclic) bond motifs is 2. The van der Waals surface area contributed by atoms with E-state index < -0.39 is 0 Å². The van der Waals surface area contributed by atoms with E-state index in [0.717, 1.165) is 24.3 Å². The number of nitrogens with zero attached hydrogens (tertiary/aromatic N) is 5. The third-order valence-electron chi connectivity index (χ3n) is 6.44. The Hall–Kier alpha value is -2.75. The van der Waals surface area contributed by atoms with Crippen molar-refractivity contribution in [3.8, 4) is 5.13 Å². The quantitative estimate of drug-likeness (QED) is 0.394. The van der Waals surface area contributed by atoms with Crippen LogP contribution in [0.25, 0.3) is 16.2 Å². The first-order valence-electron chi connectivity index (χ1n) is 11.8. The second-order valence-electron chi connectivity index (χ2n) is 10.4. The van der Waals surface area contributed by atoms with Gasteiger partial charge in [0.25, 0.3) is 5.56 Å². The fraction of sp³-hybridized carbons (Fsp3) is 0.440. The van der Waals surface area contributed by atoms with Gasteiger partial charge in [-0.25, -0.2) is 19.3 Å². The Morgan fingerprint density at radius 1 is 1.26 bits per heavy atom. The third kappa shape index (κ3) is 4.15. The maximum absolute atomic E-state index is 13.1. The highest BCUT2D eigenvalue weighted by molar-refractivity contribution is 7.18. The topological polar surface area (TPSA) is 89.7 Å². The summed E-state index contributed by atoms with van der Waals surface area (Å²) >= 11 is 7.90. The molecule has 0 fully saturated rings. The number of hydrogen-bond donors (Lipinski definition) is 2. The average Bonchev–Trinajstić information content (AvgIpc) is 3.30. The molecule has 0 atom stereocenters. The molecule has 2 N–H and O–H groups in total. The fourth-order valence-electron chi connectivity index (χ4n) is 4.63. The van der Waals surface area contributed by atoms with Crippen LogP contribution in [0.5, 0.6) is 0 Å². The van der Waals surface area contributed by atoms with Crippen LogP contribution in [-0.2, 0) is 23.9 Å². The van der Waals surface area contributed by atoms with E-state index in [-0.39, 0.29) is 16.5 Å². The van der Waals surface area contributed by atoms with Gasteiger partial charge in [0.2, 0.25) is 11.1 Å². The monoisotopic (exact) mass is 511 g/mol. The van der Waals surface area contributed by atoms with E-state index in [2.05, 4.69) is 62.4 Å². The molecular weight excluding hydrogens is 482 g/mol. The summed E-state index contributed by atoms with van der Waals surface area (Å²) in [5.41, 5.74) is 4.40. The molecule has 4 aromatic rings. The summed E-state index contributed by atoms with van der Waals surface area (Å²) in [7, 11) is 0. The van der Waals surface area contributed by atoms with Crippen molar-refractivity contribution < 1.29 is 0 Å². The minimum absolute atomic E-state index is 0.0540. The van der Waals surface area contributed by atoms with Gasteiger partial charge >= 0.3 is 0 Å². The summed E-state index contributed by atoms with van der Waals surface area (Å²) < 4.78 is 4.00. The molecule has 35 heavy (non-hydrogen) atoms. The van der Waals surface area contributed by atoms with Crippen LogP contribution in [0.4, 0.5) is 11.6 Å². The molecule has 184 valence electrons. The Bertz CT molecular complexity index is 1490. The van der Waals surface area contributed by atoms with Crippen molar-refractivity contribution in [1.29, 1.82) is 0 Å². The highest BCUT2D eigenvalue weighted by atomic mass is 35.5. The van der Waals surface area contributed by atoms with Crippen molar-refractivity contribution in [3.63, 3.8) is 0 Å². The summed E-state index contributed by atoms with van der Waals surface area (Å²) in [5, 5.41) is 7.95. The van der Waals surface area contributed by atoms with E-state index in [1.165, 1.54) is 22.5 Å². The van der Waals surface area contributed by atoms with Gasteiger partial charge in [-0.05, 0) is 57.0 Å². The molecule has 0 amide bonds. The van der Waals surface area contributed by atoms with Gasteiger partial charge in [0.05, 0.1) is 5.69 Å². The summed E-state index contributed by atoms with van der Waals surface area (Å²) in [6, 6.07) is 6.35. The minimum atomic E-state index is -0.218. The maximum Gasteiger partial charge on any atom is 0.278 e.